The smallest absolute Gasteiger partial charge is 0.249 e. The van der Waals surface area contributed by atoms with Gasteiger partial charge in [-0.15, -0.1) is 0 Å². The van der Waals surface area contributed by atoms with E-state index in [2.05, 4.69) is 66.9 Å². The van der Waals surface area contributed by atoms with Gasteiger partial charge in [0.05, 0.1) is 11.0 Å². The molecule has 29 heavy (non-hydrogen) atoms. The number of nitrogens with zero attached hydrogens (tertiary/aromatic N) is 1. The molecule has 0 fully saturated rings. The Balaban J connectivity index is 1.98. The molecule has 1 amide bonds. The Morgan fingerprint density at radius 1 is 1.03 bits per heavy atom. The Morgan fingerprint density at radius 3 is 2.55 bits per heavy atom. The molecule has 1 aromatic heterocycles. The van der Waals surface area contributed by atoms with Crippen LogP contribution >= 0.6 is 0 Å². The molecule has 0 saturated heterocycles. The maximum Gasteiger partial charge on any atom is 0.249 e. The number of carbonyl (C=O) groups is 1. The van der Waals surface area contributed by atoms with Crippen molar-refractivity contribution in [3.05, 3.63) is 82.9 Å². The zero-order valence-electron chi connectivity index (χ0n) is 17.2. The molecule has 1 heterocycles. The number of fused-ring (bicyclic) bond motifs is 3. The number of aromatic nitrogens is 1. The normalized spacial score (nSPS) is 11.4. The van der Waals surface area contributed by atoms with Crippen molar-refractivity contribution in [2.45, 2.75) is 46.1 Å². The van der Waals surface area contributed by atoms with E-state index in [0.717, 1.165) is 54.0 Å². The summed E-state index contributed by atoms with van der Waals surface area (Å²) in [5.74, 6) is -0.396. The number of hydrogen-bond donors (Lipinski definition) is 1. The standard InChI is InChI=1S/C26H27N2O/c1-3-5-9-18-14-15-21-24(16-18)28(17-20-11-7-6-10-19(20)4-2)23-13-8-12-22(25(21)23)26(27)29/h6-8,10-14,16H,3-5,9,17H2,1-2H3,(H2,27,29). The first-order chi connectivity index (χ1) is 14.1. The molecule has 0 aliphatic carbocycles. The van der Waals surface area contributed by atoms with Crippen LogP contribution in [0, 0.1) is 6.07 Å². The summed E-state index contributed by atoms with van der Waals surface area (Å²) in [6.45, 7) is 5.16. The van der Waals surface area contributed by atoms with Gasteiger partial charge in [-0.1, -0.05) is 56.7 Å². The van der Waals surface area contributed by atoms with Gasteiger partial charge in [0.2, 0.25) is 5.91 Å². The van der Waals surface area contributed by atoms with E-state index >= 15 is 0 Å². The Hall–Kier alpha value is -3.07. The number of unbranched alkanes of at least 4 members (excludes halogenated alkanes) is 1. The average Bonchev–Trinajstić information content (AvgIpc) is 3.05. The lowest BCUT2D eigenvalue weighted by atomic mass is 10.0. The number of amides is 1. The molecule has 0 atom stereocenters. The zero-order valence-corrected chi connectivity index (χ0v) is 17.2. The van der Waals surface area contributed by atoms with Gasteiger partial charge in [0, 0.05) is 22.9 Å². The highest BCUT2D eigenvalue weighted by atomic mass is 16.1. The number of aryl methyl sites for hydroxylation is 2. The summed E-state index contributed by atoms with van der Waals surface area (Å²) in [4.78, 5) is 12.1. The second-order valence-electron chi connectivity index (χ2n) is 7.64. The summed E-state index contributed by atoms with van der Waals surface area (Å²) in [6.07, 6.45) is 4.36. The highest BCUT2D eigenvalue weighted by molar-refractivity contribution is 6.17. The number of nitrogens with two attached hydrogens (primary N) is 1. The molecule has 147 valence electrons. The van der Waals surface area contributed by atoms with Crippen molar-refractivity contribution in [1.82, 2.24) is 4.57 Å². The number of benzene rings is 3. The fourth-order valence-electron chi connectivity index (χ4n) is 4.23. The van der Waals surface area contributed by atoms with Crippen LogP contribution in [0.15, 0.2) is 54.6 Å². The summed E-state index contributed by atoms with van der Waals surface area (Å²) in [7, 11) is 0. The fraction of sp³-hybridized carbons (Fsp3) is 0.269. The van der Waals surface area contributed by atoms with E-state index in [4.69, 9.17) is 5.73 Å². The van der Waals surface area contributed by atoms with Crippen LogP contribution < -0.4 is 5.73 Å². The van der Waals surface area contributed by atoms with Gasteiger partial charge in [-0.2, -0.15) is 0 Å². The molecule has 1 radical (unpaired) electrons. The predicted octanol–water partition coefficient (Wildman–Crippen LogP) is 5.65. The van der Waals surface area contributed by atoms with Crippen molar-refractivity contribution in [3.63, 3.8) is 0 Å². The molecule has 0 aliphatic rings. The first-order valence-corrected chi connectivity index (χ1v) is 10.5. The molecule has 3 heteroatoms. The van der Waals surface area contributed by atoms with Crippen molar-refractivity contribution in [1.29, 1.82) is 0 Å². The minimum atomic E-state index is -0.396. The molecule has 3 nitrogen and oxygen atoms in total. The second-order valence-corrected chi connectivity index (χ2v) is 7.64. The van der Waals surface area contributed by atoms with E-state index in [1.54, 1.807) is 0 Å². The topological polar surface area (TPSA) is 48.0 Å². The van der Waals surface area contributed by atoms with Gasteiger partial charge in [0.15, 0.2) is 0 Å². The van der Waals surface area contributed by atoms with Gasteiger partial charge >= 0.3 is 0 Å². The van der Waals surface area contributed by atoms with Crippen LogP contribution in [-0.2, 0) is 19.4 Å². The van der Waals surface area contributed by atoms with Gasteiger partial charge in [-0.05, 0) is 60.2 Å². The third-order valence-electron chi connectivity index (χ3n) is 5.77. The summed E-state index contributed by atoms with van der Waals surface area (Å²) in [5.41, 5.74) is 12.4. The summed E-state index contributed by atoms with van der Waals surface area (Å²) < 4.78 is 2.32. The lowest BCUT2D eigenvalue weighted by Crippen LogP contribution is -2.11. The van der Waals surface area contributed by atoms with Gasteiger partial charge in [-0.3, -0.25) is 4.79 Å². The van der Waals surface area contributed by atoms with E-state index in [9.17, 15) is 4.79 Å². The Labute approximate surface area is 172 Å². The molecule has 0 spiro atoms. The first kappa shape index (κ1) is 19.3. The van der Waals surface area contributed by atoms with E-state index in [0.29, 0.717) is 5.56 Å². The lowest BCUT2D eigenvalue weighted by molar-refractivity contribution is 0.100. The van der Waals surface area contributed by atoms with Gasteiger partial charge in [0.25, 0.3) is 0 Å². The van der Waals surface area contributed by atoms with Crippen molar-refractivity contribution in [3.8, 4) is 0 Å². The molecule has 0 bridgehead atoms. The molecular weight excluding hydrogens is 356 g/mol. The van der Waals surface area contributed by atoms with Crippen LogP contribution in [0.25, 0.3) is 21.8 Å². The number of primary amides is 1. The van der Waals surface area contributed by atoms with Crippen LogP contribution in [0.2, 0.25) is 0 Å². The van der Waals surface area contributed by atoms with Gasteiger partial charge in [-0.25, -0.2) is 0 Å². The SMILES string of the molecule is CCCCc1c[c]c2c3c(C(N)=O)cccc3n(Cc3ccccc3CC)c2c1. The van der Waals surface area contributed by atoms with Crippen LogP contribution in [0.3, 0.4) is 0 Å². The molecule has 0 aliphatic heterocycles. The minimum absolute atomic E-state index is 0.396. The number of rotatable bonds is 7. The van der Waals surface area contributed by atoms with E-state index in [1.807, 2.05) is 12.1 Å². The second kappa shape index (κ2) is 8.12. The van der Waals surface area contributed by atoms with E-state index in [-0.39, 0.29) is 0 Å². The Morgan fingerprint density at radius 2 is 1.83 bits per heavy atom. The quantitative estimate of drug-likeness (QED) is 0.441. The highest BCUT2D eigenvalue weighted by Gasteiger charge is 2.17. The Bertz CT molecular complexity index is 1190. The predicted molar refractivity (Wildman–Crippen MR) is 120 cm³/mol. The van der Waals surface area contributed by atoms with Crippen molar-refractivity contribution in [2.24, 2.45) is 5.73 Å². The fourth-order valence-corrected chi connectivity index (χ4v) is 4.23. The third kappa shape index (κ3) is 3.53. The van der Waals surface area contributed by atoms with Gasteiger partial charge in [0.1, 0.15) is 0 Å². The van der Waals surface area contributed by atoms with E-state index < -0.39 is 5.91 Å². The molecule has 4 aromatic rings. The summed E-state index contributed by atoms with van der Waals surface area (Å²) >= 11 is 0. The zero-order chi connectivity index (χ0) is 20.4. The minimum Gasteiger partial charge on any atom is -0.366 e. The van der Waals surface area contributed by atoms with Crippen LogP contribution in [0.1, 0.15) is 53.7 Å². The molecule has 0 unspecified atom stereocenters. The number of carbonyl (C=O) groups excluding carboxylic acids is 1. The Kier molecular flexibility index (Phi) is 5.39. The van der Waals surface area contributed by atoms with Gasteiger partial charge < -0.3 is 10.3 Å². The average molecular weight is 384 g/mol. The molecule has 3 aromatic carbocycles. The monoisotopic (exact) mass is 383 g/mol. The number of hydrogen-bond acceptors (Lipinski definition) is 1. The third-order valence-corrected chi connectivity index (χ3v) is 5.77. The molecule has 0 saturated carbocycles. The molecule has 4 rings (SSSR count). The lowest BCUT2D eigenvalue weighted by Gasteiger charge is -2.12. The molecule has 2 N–H and O–H groups in total. The highest BCUT2D eigenvalue weighted by Crippen LogP contribution is 2.33. The molecular formula is C26H27N2O. The van der Waals surface area contributed by atoms with Crippen LogP contribution in [0.4, 0.5) is 0 Å². The van der Waals surface area contributed by atoms with E-state index in [1.165, 1.54) is 16.7 Å². The van der Waals surface area contributed by atoms with Crippen molar-refractivity contribution < 1.29 is 4.79 Å². The summed E-state index contributed by atoms with van der Waals surface area (Å²) in [5, 5.41) is 1.88. The van der Waals surface area contributed by atoms with Crippen molar-refractivity contribution >= 4 is 27.7 Å². The maximum absolute atomic E-state index is 12.1. The first-order valence-electron chi connectivity index (χ1n) is 10.5. The van der Waals surface area contributed by atoms with Crippen LogP contribution in [-0.4, -0.2) is 10.5 Å². The van der Waals surface area contributed by atoms with Crippen molar-refractivity contribution in [2.75, 3.05) is 0 Å². The maximum atomic E-state index is 12.1. The van der Waals surface area contributed by atoms with Crippen LogP contribution in [0.5, 0.6) is 0 Å². The largest absolute Gasteiger partial charge is 0.366 e. The summed E-state index contributed by atoms with van der Waals surface area (Å²) in [6, 6.07) is 22.2.